The number of fused-ring (bicyclic) bond motifs is 3. The third kappa shape index (κ3) is 6.88. The molecule has 50 heavy (non-hydrogen) atoms. The number of pyridine rings is 1. The van der Waals surface area contributed by atoms with Crippen LogP contribution in [0, 0.1) is 24.0 Å². The minimum Gasteiger partial charge on any atom is -0.467 e. The molecule has 4 unspecified atom stereocenters. The van der Waals surface area contributed by atoms with Crippen LogP contribution >= 0.6 is 0 Å². The molecular formula is C38H43F3N6O3. The number of rotatable bonds is 4. The third-order valence-corrected chi connectivity index (χ3v) is 9.74. The van der Waals surface area contributed by atoms with Gasteiger partial charge in [0.1, 0.15) is 34.6 Å². The number of anilines is 1. The fraction of sp³-hybridized carbons (Fsp3) is 0.474. The molecule has 2 aromatic carbocycles. The number of benzene rings is 2. The van der Waals surface area contributed by atoms with E-state index >= 15 is 4.39 Å². The highest BCUT2D eigenvalue weighted by atomic mass is 19.1. The molecule has 7 rings (SSSR count). The van der Waals surface area contributed by atoms with Crippen molar-refractivity contribution in [2.45, 2.75) is 83.3 Å². The zero-order chi connectivity index (χ0) is 35.9. The van der Waals surface area contributed by atoms with Crippen molar-refractivity contribution in [1.82, 2.24) is 24.8 Å². The maximum absolute atomic E-state index is 16.3. The summed E-state index contributed by atoms with van der Waals surface area (Å²) in [4.78, 5) is 32.0. The Labute approximate surface area is 290 Å². The molecule has 2 aromatic heterocycles. The number of amides is 1. The molecule has 0 aliphatic carbocycles. The van der Waals surface area contributed by atoms with Gasteiger partial charge in [-0.2, -0.15) is 9.97 Å². The van der Waals surface area contributed by atoms with Gasteiger partial charge in [0.2, 0.25) is 0 Å². The molecule has 4 atom stereocenters. The second kappa shape index (κ2) is 13.9. The summed E-state index contributed by atoms with van der Waals surface area (Å²) in [5.41, 5.74) is -0.265. The van der Waals surface area contributed by atoms with E-state index in [1.807, 2.05) is 39.6 Å². The average molecular weight is 689 g/mol. The van der Waals surface area contributed by atoms with Crippen LogP contribution in [0.3, 0.4) is 0 Å². The van der Waals surface area contributed by atoms with E-state index in [2.05, 4.69) is 25.8 Å². The largest absolute Gasteiger partial charge is 0.467 e. The fourth-order valence-corrected chi connectivity index (χ4v) is 7.32. The lowest BCUT2D eigenvalue weighted by Crippen LogP contribution is -2.41. The molecule has 0 spiro atoms. The van der Waals surface area contributed by atoms with Crippen molar-refractivity contribution < 1.29 is 27.4 Å². The Morgan fingerprint density at radius 2 is 1.90 bits per heavy atom. The van der Waals surface area contributed by atoms with Crippen LogP contribution < -0.4 is 9.64 Å². The predicted molar refractivity (Wildman–Crippen MR) is 188 cm³/mol. The Bertz CT molecular complexity index is 1950. The van der Waals surface area contributed by atoms with Crippen LogP contribution in [-0.4, -0.2) is 94.5 Å². The highest BCUT2D eigenvalue weighted by Gasteiger charge is 2.38. The zero-order valence-electron chi connectivity index (χ0n) is 29.3. The number of likely N-dealkylation sites (N-methyl/N-ethyl adjacent to an activating group) is 1. The quantitative estimate of drug-likeness (QED) is 0.209. The van der Waals surface area contributed by atoms with Crippen LogP contribution in [0.4, 0.5) is 23.8 Å². The number of halogens is 3. The number of nitrogens with zero attached hydrogens (tertiary/aromatic N) is 6. The summed E-state index contributed by atoms with van der Waals surface area (Å²) in [6.45, 7) is 9.69. The SMILES string of the molecule is C#Cc1c(F)ccc2cccc(-c3ncc4c(N(C)C5CC(C)N(C(=O)OC(C)(C)C)C5)nc(OC)nc4c3F)c12.FC1CC2CCCN2C1. The van der Waals surface area contributed by atoms with Crippen molar-refractivity contribution >= 4 is 33.6 Å². The number of hydrogen-bond acceptors (Lipinski definition) is 8. The standard InChI is InChI=1S/C31H31F2N5O3.C7H12FN/c1-8-20-23(32)13-12-18-10-9-11-21(24(18)20)26-25(33)27-22(15-34-26)28(36-29(35-27)40-7)37(6)19-14-17(2)38(16-19)30(39)41-31(3,4)5;8-6-4-7-2-1-3-9(7)5-6/h1,9-13,15,17,19H,14,16H2,2-7H3;6-7H,1-5H2. The number of ether oxygens (including phenoxy) is 2. The van der Waals surface area contributed by atoms with Gasteiger partial charge in [0.15, 0.2) is 5.82 Å². The van der Waals surface area contributed by atoms with Gasteiger partial charge >= 0.3 is 12.1 Å². The van der Waals surface area contributed by atoms with Crippen LogP contribution in [0.5, 0.6) is 6.01 Å². The lowest BCUT2D eigenvalue weighted by atomic mass is 9.96. The summed E-state index contributed by atoms with van der Waals surface area (Å²) in [6, 6.07) is 8.41. The van der Waals surface area contributed by atoms with Gasteiger partial charge in [-0.25, -0.2) is 18.0 Å². The summed E-state index contributed by atoms with van der Waals surface area (Å²) in [6.07, 6.45) is 10.2. The first-order valence-electron chi connectivity index (χ1n) is 17.0. The smallest absolute Gasteiger partial charge is 0.410 e. The third-order valence-electron chi connectivity index (χ3n) is 9.74. The molecule has 3 saturated heterocycles. The number of terminal acetylenes is 1. The Kier molecular flexibility index (Phi) is 9.82. The van der Waals surface area contributed by atoms with E-state index in [4.69, 9.17) is 15.9 Å². The number of carbonyl (C=O) groups excluding carboxylic acids is 1. The van der Waals surface area contributed by atoms with E-state index in [9.17, 15) is 13.6 Å². The van der Waals surface area contributed by atoms with Crippen LogP contribution in [0.25, 0.3) is 32.9 Å². The highest BCUT2D eigenvalue weighted by Crippen LogP contribution is 2.37. The van der Waals surface area contributed by atoms with Crippen LogP contribution in [0.1, 0.15) is 58.9 Å². The van der Waals surface area contributed by atoms with E-state index < -0.39 is 23.4 Å². The Hall–Kier alpha value is -4.63. The number of alkyl halides is 1. The molecule has 9 nitrogen and oxygen atoms in total. The molecule has 3 aliphatic heterocycles. The number of methoxy groups -OCH3 is 1. The molecule has 3 fully saturated rings. The van der Waals surface area contributed by atoms with Gasteiger partial charge in [0, 0.05) is 55.4 Å². The number of hydrogen-bond donors (Lipinski definition) is 0. The van der Waals surface area contributed by atoms with E-state index in [0.717, 1.165) is 13.0 Å². The van der Waals surface area contributed by atoms with Crippen LogP contribution in [0.2, 0.25) is 0 Å². The van der Waals surface area contributed by atoms with Gasteiger partial charge in [-0.05, 0) is 71.4 Å². The van der Waals surface area contributed by atoms with Crippen molar-refractivity contribution in [3.05, 3.63) is 53.7 Å². The average Bonchev–Trinajstić information content (AvgIpc) is 3.78. The highest BCUT2D eigenvalue weighted by molar-refractivity contribution is 6.02. The van der Waals surface area contributed by atoms with Crippen molar-refractivity contribution in [3.8, 4) is 29.6 Å². The van der Waals surface area contributed by atoms with Gasteiger partial charge in [0.05, 0.1) is 18.1 Å². The van der Waals surface area contributed by atoms with E-state index in [0.29, 0.717) is 53.1 Å². The molecule has 5 heterocycles. The lowest BCUT2D eigenvalue weighted by molar-refractivity contribution is 0.0237. The summed E-state index contributed by atoms with van der Waals surface area (Å²) in [7, 11) is 3.23. The zero-order valence-corrected chi connectivity index (χ0v) is 29.3. The first kappa shape index (κ1) is 35.2. The Morgan fingerprint density at radius 3 is 2.60 bits per heavy atom. The number of likely N-dealkylation sites (tertiary alicyclic amines) is 1. The van der Waals surface area contributed by atoms with Crippen molar-refractivity contribution in [2.75, 3.05) is 38.7 Å². The lowest BCUT2D eigenvalue weighted by Gasteiger charge is -2.28. The first-order valence-corrected chi connectivity index (χ1v) is 17.0. The van der Waals surface area contributed by atoms with Crippen molar-refractivity contribution in [2.24, 2.45) is 0 Å². The van der Waals surface area contributed by atoms with Gasteiger partial charge in [-0.1, -0.05) is 30.2 Å². The van der Waals surface area contributed by atoms with Crippen LogP contribution in [0.15, 0.2) is 36.5 Å². The van der Waals surface area contributed by atoms with E-state index in [-0.39, 0.29) is 41.0 Å². The van der Waals surface area contributed by atoms with Crippen molar-refractivity contribution in [3.63, 3.8) is 0 Å². The fourth-order valence-electron chi connectivity index (χ4n) is 7.32. The summed E-state index contributed by atoms with van der Waals surface area (Å²) in [5, 5.41) is 1.41. The topological polar surface area (TPSA) is 83.9 Å². The summed E-state index contributed by atoms with van der Waals surface area (Å²) < 4.78 is 54.4. The van der Waals surface area contributed by atoms with Gasteiger partial charge in [0.25, 0.3) is 0 Å². The molecule has 0 radical (unpaired) electrons. The molecule has 0 N–H and O–H groups in total. The number of aromatic nitrogens is 3. The first-order chi connectivity index (χ1) is 23.8. The summed E-state index contributed by atoms with van der Waals surface area (Å²) in [5.74, 6) is 1.50. The molecule has 3 aliphatic rings. The molecule has 0 saturated carbocycles. The second-order valence-electron chi connectivity index (χ2n) is 14.3. The molecule has 0 bridgehead atoms. The molecular weight excluding hydrogens is 645 g/mol. The second-order valence-corrected chi connectivity index (χ2v) is 14.3. The maximum Gasteiger partial charge on any atom is 0.410 e. The molecule has 4 aromatic rings. The van der Waals surface area contributed by atoms with Crippen LogP contribution in [-0.2, 0) is 4.74 Å². The van der Waals surface area contributed by atoms with Gasteiger partial charge in [-0.3, -0.25) is 9.88 Å². The van der Waals surface area contributed by atoms with Crippen molar-refractivity contribution in [1.29, 1.82) is 0 Å². The van der Waals surface area contributed by atoms with E-state index in [1.165, 1.54) is 32.2 Å². The minimum atomic E-state index is -0.715. The molecule has 12 heteroatoms. The van der Waals surface area contributed by atoms with Gasteiger partial charge < -0.3 is 19.3 Å². The van der Waals surface area contributed by atoms with E-state index in [1.54, 1.807) is 29.2 Å². The minimum absolute atomic E-state index is 0.00518. The molecule has 1 amide bonds. The number of carbonyl (C=O) groups is 1. The monoisotopic (exact) mass is 688 g/mol. The maximum atomic E-state index is 16.3. The Morgan fingerprint density at radius 1 is 1.12 bits per heavy atom. The summed E-state index contributed by atoms with van der Waals surface area (Å²) >= 11 is 0. The normalized spacial score (nSPS) is 21.9. The van der Waals surface area contributed by atoms with Gasteiger partial charge in [-0.15, -0.1) is 6.42 Å². The Balaban J connectivity index is 0.000000412. The molecule has 264 valence electrons. The predicted octanol–water partition coefficient (Wildman–Crippen LogP) is 7.14.